The first-order valence-electron chi connectivity index (χ1n) is 6.99. The van der Waals surface area contributed by atoms with Gasteiger partial charge in [0.2, 0.25) is 0 Å². The Balaban J connectivity index is 1.94. The number of ether oxygens (including phenoxy) is 2. The highest BCUT2D eigenvalue weighted by Gasteiger charge is 2.20. The topological polar surface area (TPSA) is 47.6 Å². The summed E-state index contributed by atoms with van der Waals surface area (Å²) in [5, 5.41) is 3.46. The first kappa shape index (κ1) is 16.8. The van der Waals surface area contributed by atoms with E-state index in [1.165, 1.54) is 12.8 Å². The second-order valence-corrected chi connectivity index (χ2v) is 7.08. The zero-order chi connectivity index (χ0) is 15.4. The summed E-state index contributed by atoms with van der Waals surface area (Å²) in [4.78, 5) is 11.5. The minimum atomic E-state index is -0.372. The van der Waals surface area contributed by atoms with Crippen molar-refractivity contribution in [1.29, 1.82) is 0 Å². The van der Waals surface area contributed by atoms with Crippen molar-refractivity contribution >= 4 is 37.8 Å². The van der Waals surface area contributed by atoms with Crippen LogP contribution in [-0.2, 0) is 16.1 Å². The molecule has 0 bridgehead atoms. The third kappa shape index (κ3) is 5.60. The van der Waals surface area contributed by atoms with Crippen LogP contribution in [0.4, 0.5) is 0 Å². The van der Waals surface area contributed by atoms with E-state index < -0.39 is 0 Å². The van der Waals surface area contributed by atoms with Crippen molar-refractivity contribution in [1.82, 2.24) is 5.32 Å². The number of esters is 1. The molecule has 0 radical (unpaired) electrons. The highest BCUT2D eigenvalue weighted by molar-refractivity contribution is 9.11. The largest absolute Gasteiger partial charge is 0.480 e. The van der Waals surface area contributed by atoms with E-state index >= 15 is 0 Å². The van der Waals surface area contributed by atoms with Gasteiger partial charge in [0.15, 0.2) is 6.61 Å². The summed E-state index contributed by atoms with van der Waals surface area (Å²) in [5.74, 6) is 0.245. The van der Waals surface area contributed by atoms with E-state index in [0.717, 1.165) is 21.1 Å². The Hall–Kier alpha value is -0.590. The summed E-state index contributed by atoms with van der Waals surface area (Å²) in [6.07, 6.45) is 2.40. The first-order valence-corrected chi connectivity index (χ1v) is 8.58. The standard InChI is InChI=1S/C15H19Br2NO3/c1-9(2)21-14(19)8-20-15-12(16)5-10(6-13(15)17)7-18-11-3-4-11/h5-6,9,11,18H,3-4,7-8H2,1-2H3. The van der Waals surface area contributed by atoms with Crippen LogP contribution < -0.4 is 10.1 Å². The summed E-state index contributed by atoms with van der Waals surface area (Å²) in [6, 6.07) is 4.68. The minimum Gasteiger partial charge on any atom is -0.480 e. The van der Waals surface area contributed by atoms with Crippen molar-refractivity contribution in [2.24, 2.45) is 0 Å². The van der Waals surface area contributed by atoms with Gasteiger partial charge in [-0.25, -0.2) is 4.79 Å². The number of rotatable bonds is 7. The Morgan fingerprint density at radius 2 is 1.95 bits per heavy atom. The van der Waals surface area contributed by atoms with Crippen molar-refractivity contribution in [3.05, 3.63) is 26.6 Å². The van der Waals surface area contributed by atoms with Gasteiger partial charge in [0.05, 0.1) is 15.0 Å². The van der Waals surface area contributed by atoms with Crippen molar-refractivity contribution in [2.75, 3.05) is 6.61 Å². The molecular formula is C15H19Br2NO3. The van der Waals surface area contributed by atoms with Crippen LogP contribution in [0.15, 0.2) is 21.1 Å². The van der Waals surface area contributed by atoms with E-state index in [1.54, 1.807) is 0 Å². The van der Waals surface area contributed by atoms with Gasteiger partial charge in [0.25, 0.3) is 0 Å². The predicted molar refractivity (Wildman–Crippen MR) is 88.4 cm³/mol. The van der Waals surface area contributed by atoms with E-state index in [-0.39, 0.29) is 18.7 Å². The van der Waals surface area contributed by atoms with Crippen LogP contribution in [0.25, 0.3) is 0 Å². The number of carbonyl (C=O) groups excluding carboxylic acids is 1. The fourth-order valence-corrected chi connectivity index (χ4v) is 3.34. The highest BCUT2D eigenvalue weighted by atomic mass is 79.9. The molecule has 1 aromatic rings. The fourth-order valence-electron chi connectivity index (χ4n) is 1.83. The number of nitrogens with one attached hydrogen (secondary N) is 1. The van der Waals surface area contributed by atoms with E-state index in [4.69, 9.17) is 9.47 Å². The van der Waals surface area contributed by atoms with E-state index in [1.807, 2.05) is 26.0 Å². The molecule has 0 amide bonds. The molecule has 4 nitrogen and oxygen atoms in total. The third-order valence-electron chi connectivity index (χ3n) is 2.93. The highest BCUT2D eigenvalue weighted by Crippen LogP contribution is 2.35. The molecule has 116 valence electrons. The maximum absolute atomic E-state index is 11.5. The van der Waals surface area contributed by atoms with Gasteiger partial charge < -0.3 is 14.8 Å². The maximum atomic E-state index is 11.5. The number of hydrogen-bond acceptors (Lipinski definition) is 4. The van der Waals surface area contributed by atoms with Crippen LogP contribution in [0, 0.1) is 0 Å². The van der Waals surface area contributed by atoms with Crippen molar-refractivity contribution in [3.8, 4) is 5.75 Å². The van der Waals surface area contributed by atoms with Gasteiger partial charge in [-0.2, -0.15) is 0 Å². The summed E-state index contributed by atoms with van der Waals surface area (Å²) < 4.78 is 12.2. The lowest BCUT2D eigenvalue weighted by Gasteiger charge is -2.13. The second-order valence-electron chi connectivity index (χ2n) is 5.37. The number of hydrogen-bond donors (Lipinski definition) is 1. The number of halogens is 2. The molecule has 0 heterocycles. The van der Waals surface area contributed by atoms with Crippen molar-refractivity contribution in [2.45, 2.75) is 45.4 Å². The second kappa shape index (κ2) is 7.61. The summed E-state index contributed by atoms with van der Waals surface area (Å²) >= 11 is 6.97. The third-order valence-corrected chi connectivity index (χ3v) is 4.11. The average molecular weight is 421 g/mol. The molecule has 0 atom stereocenters. The molecule has 0 saturated heterocycles. The van der Waals surface area contributed by atoms with Crippen LogP contribution in [0.2, 0.25) is 0 Å². The van der Waals surface area contributed by atoms with Gasteiger partial charge in [0, 0.05) is 12.6 Å². The normalized spacial score (nSPS) is 14.3. The molecule has 1 aromatic carbocycles. The van der Waals surface area contributed by atoms with Gasteiger partial charge in [-0.1, -0.05) is 0 Å². The van der Waals surface area contributed by atoms with Crippen LogP contribution in [0.3, 0.4) is 0 Å². The minimum absolute atomic E-state index is 0.102. The Bertz CT molecular complexity index is 493. The SMILES string of the molecule is CC(C)OC(=O)COc1c(Br)cc(CNC2CC2)cc1Br. The smallest absolute Gasteiger partial charge is 0.344 e. The molecule has 0 spiro atoms. The molecule has 1 N–H and O–H groups in total. The van der Waals surface area contributed by atoms with Gasteiger partial charge in [-0.3, -0.25) is 0 Å². The van der Waals surface area contributed by atoms with Crippen LogP contribution in [0.1, 0.15) is 32.3 Å². The molecule has 21 heavy (non-hydrogen) atoms. The molecule has 0 unspecified atom stereocenters. The number of benzene rings is 1. The number of carbonyl (C=O) groups is 1. The Labute approximate surface area is 141 Å². The zero-order valence-corrected chi connectivity index (χ0v) is 15.3. The van der Waals surface area contributed by atoms with E-state index in [0.29, 0.717) is 11.8 Å². The van der Waals surface area contributed by atoms with Crippen molar-refractivity contribution < 1.29 is 14.3 Å². The lowest BCUT2D eigenvalue weighted by Crippen LogP contribution is -2.19. The summed E-state index contributed by atoms with van der Waals surface area (Å²) in [7, 11) is 0. The van der Waals surface area contributed by atoms with E-state index in [9.17, 15) is 4.79 Å². The Morgan fingerprint density at radius 3 is 2.48 bits per heavy atom. The molecule has 2 rings (SSSR count). The van der Waals surface area contributed by atoms with Crippen molar-refractivity contribution in [3.63, 3.8) is 0 Å². The molecule has 1 aliphatic carbocycles. The van der Waals surface area contributed by atoms with Crippen LogP contribution in [0.5, 0.6) is 5.75 Å². The molecular weight excluding hydrogens is 402 g/mol. The zero-order valence-electron chi connectivity index (χ0n) is 12.1. The molecule has 1 aliphatic rings. The Kier molecular flexibility index (Phi) is 6.08. The molecule has 1 saturated carbocycles. The van der Waals surface area contributed by atoms with Gasteiger partial charge in [-0.05, 0) is 76.2 Å². The summed E-state index contributed by atoms with van der Waals surface area (Å²) in [5.41, 5.74) is 1.16. The quantitative estimate of drug-likeness (QED) is 0.681. The molecule has 6 heteroatoms. The first-order chi connectivity index (χ1) is 9.95. The molecule has 0 aliphatic heterocycles. The van der Waals surface area contributed by atoms with E-state index in [2.05, 4.69) is 37.2 Å². The van der Waals surface area contributed by atoms with Crippen LogP contribution >= 0.6 is 31.9 Å². The lowest BCUT2D eigenvalue weighted by atomic mass is 10.2. The Morgan fingerprint density at radius 1 is 1.33 bits per heavy atom. The van der Waals surface area contributed by atoms with Crippen LogP contribution in [-0.4, -0.2) is 24.7 Å². The maximum Gasteiger partial charge on any atom is 0.344 e. The van der Waals surface area contributed by atoms with Gasteiger partial charge >= 0.3 is 5.97 Å². The van der Waals surface area contributed by atoms with Gasteiger partial charge in [0.1, 0.15) is 5.75 Å². The molecule has 0 aromatic heterocycles. The lowest BCUT2D eigenvalue weighted by molar-refractivity contribution is -0.149. The monoisotopic (exact) mass is 419 g/mol. The predicted octanol–water partition coefficient (Wildman–Crippen LogP) is 3.79. The summed E-state index contributed by atoms with van der Waals surface area (Å²) in [6.45, 7) is 4.35. The average Bonchev–Trinajstić information content (AvgIpc) is 3.18. The van der Waals surface area contributed by atoms with Gasteiger partial charge in [-0.15, -0.1) is 0 Å². The fraction of sp³-hybridized carbons (Fsp3) is 0.533. The molecule has 1 fully saturated rings.